The first kappa shape index (κ1) is 11.5. The number of likely N-dealkylation sites (N-methyl/N-ethyl adjacent to an activating group) is 1. The van der Waals surface area contributed by atoms with Gasteiger partial charge >= 0.3 is 0 Å². The molecule has 1 heterocycles. The Morgan fingerprint density at radius 3 is 2.44 bits per heavy atom. The molecule has 1 aromatic carbocycles. The molecule has 16 heavy (non-hydrogen) atoms. The quantitative estimate of drug-likeness (QED) is 0.752. The number of aryl methyl sites for hydroxylation is 1. The highest BCUT2D eigenvalue weighted by Crippen LogP contribution is 2.20. The van der Waals surface area contributed by atoms with E-state index in [1.807, 2.05) is 0 Å². The summed E-state index contributed by atoms with van der Waals surface area (Å²) in [6, 6.07) is 9.51. The standard InChI is InChI=1S/C14H22N2/c1-4-15-9-10-16(13(3)11-15)14-7-5-12(2)6-8-14/h5-8,13H,4,9-11H2,1-3H3. The molecule has 0 radical (unpaired) electrons. The molecule has 0 aliphatic carbocycles. The van der Waals surface area contributed by atoms with E-state index in [-0.39, 0.29) is 0 Å². The molecule has 2 rings (SSSR count). The van der Waals surface area contributed by atoms with Crippen molar-refractivity contribution >= 4 is 5.69 Å². The lowest BCUT2D eigenvalue weighted by Crippen LogP contribution is -2.51. The van der Waals surface area contributed by atoms with Crippen LogP contribution >= 0.6 is 0 Å². The van der Waals surface area contributed by atoms with Crippen LogP contribution in [0.2, 0.25) is 0 Å². The third-order valence-electron chi connectivity index (χ3n) is 3.52. The van der Waals surface area contributed by atoms with Crippen molar-refractivity contribution in [3.8, 4) is 0 Å². The van der Waals surface area contributed by atoms with Gasteiger partial charge in [-0.05, 0) is 32.5 Å². The summed E-state index contributed by atoms with van der Waals surface area (Å²) >= 11 is 0. The second kappa shape index (κ2) is 4.88. The molecule has 1 saturated heterocycles. The third-order valence-corrected chi connectivity index (χ3v) is 3.52. The van der Waals surface area contributed by atoms with E-state index >= 15 is 0 Å². The van der Waals surface area contributed by atoms with Crippen LogP contribution in [0.5, 0.6) is 0 Å². The van der Waals surface area contributed by atoms with E-state index in [0.717, 1.165) is 6.54 Å². The van der Waals surface area contributed by atoms with Gasteiger partial charge in [-0.25, -0.2) is 0 Å². The Labute approximate surface area is 98.9 Å². The molecular weight excluding hydrogens is 196 g/mol. The highest BCUT2D eigenvalue weighted by atomic mass is 15.3. The van der Waals surface area contributed by atoms with Crippen LogP contribution in [0, 0.1) is 6.92 Å². The Kier molecular flexibility index (Phi) is 3.49. The molecular formula is C14H22N2. The number of anilines is 1. The van der Waals surface area contributed by atoms with Gasteiger partial charge in [0.25, 0.3) is 0 Å². The molecule has 1 aliphatic heterocycles. The summed E-state index contributed by atoms with van der Waals surface area (Å²) in [6.45, 7) is 11.4. The zero-order chi connectivity index (χ0) is 11.5. The first-order valence-corrected chi connectivity index (χ1v) is 6.26. The minimum atomic E-state index is 0.622. The third kappa shape index (κ3) is 2.38. The molecule has 0 N–H and O–H groups in total. The average Bonchev–Trinajstić information content (AvgIpc) is 2.30. The fourth-order valence-electron chi connectivity index (χ4n) is 2.44. The van der Waals surface area contributed by atoms with Crippen molar-refractivity contribution in [3.05, 3.63) is 29.8 Å². The number of hydrogen-bond acceptors (Lipinski definition) is 2. The number of rotatable bonds is 2. The molecule has 1 fully saturated rings. The van der Waals surface area contributed by atoms with Crippen LogP contribution in [0.15, 0.2) is 24.3 Å². The summed E-state index contributed by atoms with van der Waals surface area (Å²) in [5.41, 5.74) is 2.71. The zero-order valence-corrected chi connectivity index (χ0v) is 10.6. The van der Waals surface area contributed by atoms with Gasteiger partial charge < -0.3 is 4.90 Å². The van der Waals surface area contributed by atoms with Crippen LogP contribution in [-0.4, -0.2) is 37.1 Å². The summed E-state index contributed by atoms with van der Waals surface area (Å²) in [5, 5.41) is 0. The molecule has 1 aromatic rings. The molecule has 1 aliphatic rings. The lowest BCUT2D eigenvalue weighted by molar-refractivity contribution is 0.240. The summed E-state index contributed by atoms with van der Waals surface area (Å²) < 4.78 is 0. The van der Waals surface area contributed by atoms with Crippen molar-refractivity contribution < 1.29 is 0 Å². The highest BCUT2D eigenvalue weighted by Gasteiger charge is 2.22. The summed E-state index contributed by atoms with van der Waals surface area (Å²) in [4.78, 5) is 5.04. The second-order valence-electron chi connectivity index (χ2n) is 4.77. The lowest BCUT2D eigenvalue weighted by atomic mass is 10.1. The normalized spacial score (nSPS) is 22.4. The smallest absolute Gasteiger partial charge is 0.0389 e. The molecule has 0 saturated carbocycles. The Morgan fingerprint density at radius 2 is 1.88 bits per heavy atom. The number of nitrogens with zero attached hydrogens (tertiary/aromatic N) is 2. The maximum absolute atomic E-state index is 2.52. The fourth-order valence-corrected chi connectivity index (χ4v) is 2.44. The van der Waals surface area contributed by atoms with Crippen molar-refractivity contribution in [1.82, 2.24) is 4.90 Å². The summed E-state index contributed by atoms with van der Waals surface area (Å²) in [5.74, 6) is 0. The predicted molar refractivity (Wildman–Crippen MR) is 70.1 cm³/mol. The molecule has 1 atom stereocenters. The van der Waals surface area contributed by atoms with Crippen LogP contribution in [0.1, 0.15) is 19.4 Å². The van der Waals surface area contributed by atoms with Crippen molar-refractivity contribution in [2.45, 2.75) is 26.8 Å². The van der Waals surface area contributed by atoms with Crippen molar-refractivity contribution in [2.75, 3.05) is 31.1 Å². The van der Waals surface area contributed by atoms with Gasteiger partial charge in [-0.2, -0.15) is 0 Å². The van der Waals surface area contributed by atoms with E-state index in [0.29, 0.717) is 6.04 Å². The average molecular weight is 218 g/mol. The number of hydrogen-bond donors (Lipinski definition) is 0. The van der Waals surface area contributed by atoms with Gasteiger partial charge in [0.2, 0.25) is 0 Å². The van der Waals surface area contributed by atoms with E-state index in [1.54, 1.807) is 0 Å². The molecule has 0 bridgehead atoms. The second-order valence-corrected chi connectivity index (χ2v) is 4.77. The summed E-state index contributed by atoms with van der Waals surface area (Å²) in [7, 11) is 0. The maximum atomic E-state index is 2.52. The Balaban J connectivity index is 2.08. The van der Waals surface area contributed by atoms with Gasteiger partial charge in [-0.3, -0.25) is 4.90 Å². The minimum absolute atomic E-state index is 0.622. The van der Waals surface area contributed by atoms with Gasteiger partial charge in [0.1, 0.15) is 0 Å². The molecule has 0 aromatic heterocycles. The molecule has 0 amide bonds. The zero-order valence-electron chi connectivity index (χ0n) is 10.6. The summed E-state index contributed by atoms with van der Waals surface area (Å²) in [6.07, 6.45) is 0. The van der Waals surface area contributed by atoms with Crippen LogP contribution < -0.4 is 4.90 Å². The minimum Gasteiger partial charge on any atom is -0.366 e. The number of piperazine rings is 1. The highest BCUT2D eigenvalue weighted by molar-refractivity contribution is 5.48. The largest absolute Gasteiger partial charge is 0.366 e. The Bertz CT molecular complexity index is 331. The van der Waals surface area contributed by atoms with E-state index in [9.17, 15) is 0 Å². The Morgan fingerprint density at radius 1 is 1.19 bits per heavy atom. The van der Waals surface area contributed by atoms with Crippen molar-refractivity contribution in [3.63, 3.8) is 0 Å². The number of benzene rings is 1. The fraction of sp³-hybridized carbons (Fsp3) is 0.571. The maximum Gasteiger partial charge on any atom is 0.0389 e. The van der Waals surface area contributed by atoms with E-state index in [2.05, 4.69) is 54.8 Å². The predicted octanol–water partition coefficient (Wildman–Crippen LogP) is 2.53. The molecule has 0 spiro atoms. The monoisotopic (exact) mass is 218 g/mol. The van der Waals surface area contributed by atoms with Gasteiger partial charge in [0, 0.05) is 31.4 Å². The van der Waals surface area contributed by atoms with E-state index in [4.69, 9.17) is 0 Å². The van der Waals surface area contributed by atoms with Gasteiger partial charge in [0.15, 0.2) is 0 Å². The van der Waals surface area contributed by atoms with Crippen molar-refractivity contribution in [2.24, 2.45) is 0 Å². The van der Waals surface area contributed by atoms with E-state index < -0.39 is 0 Å². The van der Waals surface area contributed by atoms with Gasteiger partial charge in [0.05, 0.1) is 0 Å². The van der Waals surface area contributed by atoms with Crippen LogP contribution in [0.3, 0.4) is 0 Å². The first-order chi connectivity index (χ1) is 7.70. The van der Waals surface area contributed by atoms with Gasteiger partial charge in [-0.1, -0.05) is 24.6 Å². The van der Waals surface area contributed by atoms with Crippen LogP contribution in [-0.2, 0) is 0 Å². The van der Waals surface area contributed by atoms with Gasteiger partial charge in [-0.15, -0.1) is 0 Å². The lowest BCUT2D eigenvalue weighted by Gasteiger charge is -2.41. The van der Waals surface area contributed by atoms with Crippen LogP contribution in [0.25, 0.3) is 0 Å². The molecule has 2 nitrogen and oxygen atoms in total. The Hall–Kier alpha value is -1.02. The van der Waals surface area contributed by atoms with Crippen LogP contribution in [0.4, 0.5) is 5.69 Å². The molecule has 88 valence electrons. The first-order valence-electron chi connectivity index (χ1n) is 6.26. The SMILES string of the molecule is CCN1CCN(c2ccc(C)cc2)C(C)C1. The molecule has 1 unspecified atom stereocenters. The molecule has 2 heteroatoms. The van der Waals surface area contributed by atoms with E-state index in [1.165, 1.54) is 30.9 Å². The topological polar surface area (TPSA) is 6.48 Å². The van der Waals surface area contributed by atoms with Crippen molar-refractivity contribution in [1.29, 1.82) is 0 Å².